The smallest absolute Gasteiger partial charge is 0.254 e. The maximum absolute atomic E-state index is 12.0. The van der Waals surface area contributed by atoms with E-state index in [1.165, 1.54) is 5.56 Å². The van der Waals surface area contributed by atoms with Crippen LogP contribution in [0.5, 0.6) is 0 Å². The maximum Gasteiger partial charge on any atom is 0.254 e. The van der Waals surface area contributed by atoms with E-state index in [1.54, 1.807) is 0 Å². The van der Waals surface area contributed by atoms with Crippen LogP contribution in [0.15, 0.2) is 24.3 Å². The van der Waals surface area contributed by atoms with Crippen LogP contribution in [-0.2, 0) is 4.74 Å². The number of rotatable bonds is 1. The number of hydrogen-bond acceptors (Lipinski definition) is 2. The van der Waals surface area contributed by atoms with Crippen LogP contribution in [0.2, 0.25) is 0 Å². The highest BCUT2D eigenvalue weighted by molar-refractivity contribution is 5.94. The molecule has 0 spiro atoms. The largest absolute Gasteiger partial charge is 0.378 e. The van der Waals surface area contributed by atoms with Crippen molar-refractivity contribution in [1.82, 2.24) is 4.90 Å². The molecule has 88 valence electrons. The fourth-order valence-electron chi connectivity index (χ4n) is 1.65. The fourth-order valence-corrected chi connectivity index (χ4v) is 1.65. The number of carbonyl (C=O) groups is 1. The molecule has 0 saturated carbocycles. The van der Waals surface area contributed by atoms with Gasteiger partial charge < -0.3 is 9.64 Å². The van der Waals surface area contributed by atoms with Gasteiger partial charge in [-0.05, 0) is 19.1 Å². The van der Waals surface area contributed by atoms with E-state index in [-0.39, 0.29) is 13.3 Å². The van der Waals surface area contributed by atoms with Crippen LogP contribution in [0.4, 0.5) is 0 Å². The summed E-state index contributed by atoms with van der Waals surface area (Å²) in [5.41, 5.74) is 1.94. The molecule has 0 unspecified atom stereocenters. The molecule has 0 radical (unpaired) electrons. The molecule has 0 N–H and O–H groups in total. The molecular formula is C13H19NO2. The van der Waals surface area contributed by atoms with Crippen molar-refractivity contribution >= 4 is 5.91 Å². The van der Waals surface area contributed by atoms with E-state index < -0.39 is 0 Å². The van der Waals surface area contributed by atoms with Crippen molar-refractivity contribution in [2.45, 2.75) is 14.4 Å². The highest BCUT2D eigenvalue weighted by Gasteiger charge is 2.17. The number of morpholine rings is 1. The third kappa shape index (κ3) is 2.83. The Morgan fingerprint density at radius 3 is 2.31 bits per heavy atom. The van der Waals surface area contributed by atoms with Gasteiger partial charge in [-0.15, -0.1) is 0 Å². The monoisotopic (exact) mass is 221 g/mol. The Labute approximate surface area is 97.0 Å². The minimum absolute atomic E-state index is 0. The molecule has 1 aromatic rings. The molecule has 1 aliphatic heterocycles. The first-order chi connectivity index (χ1) is 7.27. The Kier molecular flexibility index (Phi) is 4.50. The molecule has 0 atom stereocenters. The van der Waals surface area contributed by atoms with Gasteiger partial charge in [0.2, 0.25) is 0 Å². The number of amides is 1. The Morgan fingerprint density at radius 1 is 1.19 bits per heavy atom. The Bertz CT molecular complexity index is 339. The van der Waals surface area contributed by atoms with E-state index in [2.05, 4.69) is 0 Å². The first-order valence-electron chi connectivity index (χ1n) is 5.21. The van der Waals surface area contributed by atoms with Gasteiger partial charge in [0.1, 0.15) is 0 Å². The zero-order valence-electron chi connectivity index (χ0n) is 8.90. The number of benzene rings is 1. The molecule has 1 aromatic carbocycles. The second-order valence-corrected chi connectivity index (χ2v) is 3.77. The summed E-state index contributed by atoms with van der Waals surface area (Å²) in [7, 11) is 0. The molecule has 1 amide bonds. The van der Waals surface area contributed by atoms with E-state index in [9.17, 15) is 4.79 Å². The Morgan fingerprint density at radius 2 is 1.75 bits per heavy atom. The summed E-state index contributed by atoms with van der Waals surface area (Å²) in [5, 5.41) is 0. The van der Waals surface area contributed by atoms with E-state index in [0.717, 1.165) is 5.56 Å². The van der Waals surface area contributed by atoms with Crippen molar-refractivity contribution in [3.8, 4) is 0 Å². The molecule has 16 heavy (non-hydrogen) atoms. The highest BCUT2D eigenvalue weighted by atomic mass is 16.5. The molecule has 0 aromatic heterocycles. The third-order valence-electron chi connectivity index (χ3n) is 2.60. The van der Waals surface area contributed by atoms with Gasteiger partial charge in [0.05, 0.1) is 13.2 Å². The highest BCUT2D eigenvalue weighted by Crippen LogP contribution is 2.08. The van der Waals surface area contributed by atoms with Gasteiger partial charge in [-0.2, -0.15) is 0 Å². The van der Waals surface area contributed by atoms with Crippen LogP contribution in [-0.4, -0.2) is 37.1 Å². The summed E-state index contributed by atoms with van der Waals surface area (Å²) in [6, 6.07) is 7.70. The lowest BCUT2D eigenvalue weighted by atomic mass is 10.1. The van der Waals surface area contributed by atoms with Crippen LogP contribution in [0.1, 0.15) is 23.3 Å². The van der Waals surface area contributed by atoms with Crippen LogP contribution in [0.25, 0.3) is 0 Å². The predicted octanol–water partition coefficient (Wildman–Crippen LogP) is 2.10. The SMILES string of the molecule is C.Cc1ccc(C(=O)N2CCOCC2)cc1. The van der Waals surface area contributed by atoms with E-state index in [1.807, 2.05) is 36.1 Å². The molecule has 1 fully saturated rings. The van der Waals surface area contributed by atoms with Gasteiger partial charge in [0, 0.05) is 18.7 Å². The van der Waals surface area contributed by atoms with Gasteiger partial charge >= 0.3 is 0 Å². The minimum atomic E-state index is 0. The molecule has 0 aliphatic carbocycles. The summed E-state index contributed by atoms with van der Waals surface area (Å²) >= 11 is 0. The van der Waals surface area contributed by atoms with E-state index in [4.69, 9.17) is 4.74 Å². The second kappa shape index (κ2) is 5.66. The first-order valence-corrected chi connectivity index (χ1v) is 5.21. The van der Waals surface area contributed by atoms with Gasteiger partial charge in [0.25, 0.3) is 5.91 Å². The molecule has 3 nitrogen and oxygen atoms in total. The number of ether oxygens (including phenoxy) is 1. The fraction of sp³-hybridized carbons (Fsp3) is 0.462. The van der Waals surface area contributed by atoms with Crippen LogP contribution in [0, 0.1) is 6.92 Å². The van der Waals surface area contributed by atoms with Gasteiger partial charge in [-0.3, -0.25) is 4.79 Å². The van der Waals surface area contributed by atoms with Crippen molar-refractivity contribution in [2.75, 3.05) is 26.3 Å². The summed E-state index contributed by atoms with van der Waals surface area (Å²) in [4.78, 5) is 13.8. The van der Waals surface area contributed by atoms with Gasteiger partial charge in [-0.1, -0.05) is 25.1 Å². The molecule has 0 bridgehead atoms. The molecule has 1 aliphatic rings. The number of nitrogens with zero attached hydrogens (tertiary/aromatic N) is 1. The van der Waals surface area contributed by atoms with Gasteiger partial charge in [0.15, 0.2) is 0 Å². The van der Waals surface area contributed by atoms with Crippen LogP contribution < -0.4 is 0 Å². The average molecular weight is 221 g/mol. The molecule has 3 heteroatoms. The molecule has 1 heterocycles. The lowest BCUT2D eigenvalue weighted by Crippen LogP contribution is -2.40. The first kappa shape index (κ1) is 12.7. The topological polar surface area (TPSA) is 29.5 Å². The lowest BCUT2D eigenvalue weighted by molar-refractivity contribution is 0.0303. The number of aryl methyl sites for hydroxylation is 1. The Balaban J connectivity index is 0.00000128. The van der Waals surface area contributed by atoms with Crippen LogP contribution in [0.3, 0.4) is 0 Å². The van der Waals surface area contributed by atoms with Crippen molar-refractivity contribution < 1.29 is 9.53 Å². The van der Waals surface area contributed by atoms with Gasteiger partial charge in [-0.25, -0.2) is 0 Å². The average Bonchev–Trinajstić information content (AvgIpc) is 2.30. The Hall–Kier alpha value is -1.35. The van der Waals surface area contributed by atoms with Crippen molar-refractivity contribution in [2.24, 2.45) is 0 Å². The van der Waals surface area contributed by atoms with Crippen molar-refractivity contribution in [3.05, 3.63) is 35.4 Å². The van der Waals surface area contributed by atoms with E-state index in [0.29, 0.717) is 26.3 Å². The van der Waals surface area contributed by atoms with Crippen molar-refractivity contribution in [3.63, 3.8) is 0 Å². The van der Waals surface area contributed by atoms with Crippen LogP contribution >= 0.6 is 0 Å². The summed E-state index contributed by atoms with van der Waals surface area (Å²) in [5.74, 6) is 0.110. The maximum atomic E-state index is 12.0. The number of carbonyl (C=O) groups excluding carboxylic acids is 1. The predicted molar refractivity (Wildman–Crippen MR) is 64.6 cm³/mol. The second-order valence-electron chi connectivity index (χ2n) is 3.77. The normalized spacial score (nSPS) is 15.4. The zero-order chi connectivity index (χ0) is 10.7. The standard InChI is InChI=1S/C12H15NO2.CH4/c1-10-2-4-11(5-3-10)12(14)13-6-8-15-9-7-13;/h2-5H,6-9H2,1H3;1H4. The quantitative estimate of drug-likeness (QED) is 0.727. The summed E-state index contributed by atoms with van der Waals surface area (Å²) in [6.45, 7) is 4.72. The van der Waals surface area contributed by atoms with E-state index >= 15 is 0 Å². The molecule has 1 saturated heterocycles. The van der Waals surface area contributed by atoms with Crippen molar-refractivity contribution in [1.29, 1.82) is 0 Å². The summed E-state index contributed by atoms with van der Waals surface area (Å²) in [6.07, 6.45) is 0. The molecular weight excluding hydrogens is 202 g/mol. The summed E-state index contributed by atoms with van der Waals surface area (Å²) < 4.78 is 5.21. The third-order valence-corrected chi connectivity index (χ3v) is 2.60. The number of hydrogen-bond donors (Lipinski definition) is 0. The molecule has 2 rings (SSSR count). The zero-order valence-corrected chi connectivity index (χ0v) is 8.90. The lowest BCUT2D eigenvalue weighted by Gasteiger charge is -2.26. The minimum Gasteiger partial charge on any atom is -0.378 e.